The van der Waals surface area contributed by atoms with Gasteiger partial charge in [-0.2, -0.15) is 4.31 Å². The number of piperidine rings is 1. The van der Waals surface area contributed by atoms with Crippen molar-refractivity contribution < 1.29 is 13.2 Å². The quantitative estimate of drug-likeness (QED) is 0.616. The molecular weight excluding hydrogens is 432 g/mol. The van der Waals surface area contributed by atoms with Gasteiger partial charge in [0.15, 0.2) is 0 Å². The van der Waals surface area contributed by atoms with Crippen LogP contribution in [0.15, 0.2) is 58.9 Å². The summed E-state index contributed by atoms with van der Waals surface area (Å²) in [6, 6.07) is 12.5. The Kier molecular flexibility index (Phi) is 6.45. The number of aromatic nitrogens is 2. The molecule has 9 heteroatoms. The Morgan fingerprint density at radius 1 is 1.16 bits per heavy atom. The fourth-order valence-electron chi connectivity index (χ4n) is 3.54. The zero-order chi connectivity index (χ0) is 21.8. The molecule has 0 spiro atoms. The molecule has 0 saturated carbocycles. The highest BCUT2D eigenvalue weighted by molar-refractivity contribution is 7.89. The molecule has 31 heavy (non-hydrogen) atoms. The molecule has 1 aliphatic heterocycles. The van der Waals surface area contributed by atoms with Crippen molar-refractivity contribution in [1.29, 1.82) is 0 Å². The van der Waals surface area contributed by atoms with E-state index < -0.39 is 10.0 Å². The molecule has 0 atom stereocenters. The molecule has 0 bridgehead atoms. The summed E-state index contributed by atoms with van der Waals surface area (Å²) in [5, 5.41) is 5.69. The van der Waals surface area contributed by atoms with Crippen LogP contribution >= 0.6 is 11.3 Å². The molecule has 0 radical (unpaired) electrons. The van der Waals surface area contributed by atoms with E-state index in [0.717, 1.165) is 16.3 Å². The fourth-order valence-corrected chi connectivity index (χ4v) is 5.80. The highest BCUT2D eigenvalue weighted by atomic mass is 32.2. The molecule has 1 amide bonds. The summed E-state index contributed by atoms with van der Waals surface area (Å²) in [6.07, 6.45) is 3.10. The topological polar surface area (TPSA) is 92.3 Å². The lowest BCUT2D eigenvalue weighted by atomic mass is 10.1. The van der Waals surface area contributed by atoms with E-state index in [9.17, 15) is 13.2 Å². The number of hydrogen-bond acceptors (Lipinski definition) is 6. The molecule has 0 aliphatic carbocycles. The van der Waals surface area contributed by atoms with Crippen LogP contribution in [0.1, 0.15) is 24.1 Å². The van der Waals surface area contributed by atoms with Gasteiger partial charge < -0.3 is 5.32 Å². The van der Waals surface area contributed by atoms with E-state index in [1.54, 1.807) is 30.5 Å². The van der Waals surface area contributed by atoms with Crippen molar-refractivity contribution in [3.8, 4) is 10.7 Å². The number of carbonyl (C=O) groups excluding carboxylic acids is 1. The minimum atomic E-state index is -3.50. The summed E-state index contributed by atoms with van der Waals surface area (Å²) in [6.45, 7) is 2.71. The smallest absolute Gasteiger partial charge is 0.243 e. The fraction of sp³-hybridized carbons (Fsp3) is 0.318. The second-order valence-electron chi connectivity index (χ2n) is 7.59. The second-order valence-corrected chi connectivity index (χ2v) is 10.4. The molecule has 1 aliphatic rings. The molecule has 3 heterocycles. The number of nitrogens with one attached hydrogen (secondary N) is 1. The van der Waals surface area contributed by atoms with Crippen LogP contribution < -0.4 is 5.32 Å². The number of rotatable bonds is 6. The van der Waals surface area contributed by atoms with Crippen molar-refractivity contribution in [2.75, 3.05) is 13.1 Å². The molecule has 0 unspecified atom stereocenters. The molecule has 4 rings (SSSR count). The normalized spacial score (nSPS) is 15.6. The van der Waals surface area contributed by atoms with Gasteiger partial charge in [0.2, 0.25) is 15.9 Å². The van der Waals surface area contributed by atoms with Crippen LogP contribution in [-0.4, -0.2) is 47.7 Å². The van der Waals surface area contributed by atoms with Gasteiger partial charge in [0.1, 0.15) is 5.01 Å². The van der Waals surface area contributed by atoms with Crippen LogP contribution in [0.25, 0.3) is 10.7 Å². The van der Waals surface area contributed by atoms with Crippen molar-refractivity contribution in [2.24, 2.45) is 0 Å². The number of aryl methyl sites for hydroxylation is 1. The van der Waals surface area contributed by atoms with Crippen LogP contribution in [-0.2, 0) is 21.2 Å². The number of hydrogen-bond donors (Lipinski definition) is 1. The van der Waals surface area contributed by atoms with E-state index in [1.807, 2.05) is 30.5 Å². The number of thiazole rings is 1. The zero-order valence-corrected chi connectivity index (χ0v) is 18.8. The Balaban J connectivity index is 1.29. The maximum atomic E-state index is 12.8. The number of nitrogens with zero attached hydrogens (tertiary/aromatic N) is 3. The molecule has 7 nitrogen and oxygen atoms in total. The van der Waals surface area contributed by atoms with Crippen LogP contribution in [0.3, 0.4) is 0 Å². The van der Waals surface area contributed by atoms with E-state index in [1.165, 1.54) is 15.6 Å². The first-order valence-electron chi connectivity index (χ1n) is 10.1. The molecule has 2 aromatic heterocycles. The van der Waals surface area contributed by atoms with Gasteiger partial charge in [0.25, 0.3) is 0 Å². The number of benzene rings is 1. The van der Waals surface area contributed by atoms with Crippen molar-refractivity contribution in [1.82, 2.24) is 19.6 Å². The van der Waals surface area contributed by atoms with Crippen LogP contribution in [0.2, 0.25) is 0 Å². The Bertz CT molecular complexity index is 1140. The summed E-state index contributed by atoms with van der Waals surface area (Å²) in [7, 11) is -3.50. The van der Waals surface area contributed by atoms with Gasteiger partial charge in [-0.15, -0.1) is 11.3 Å². The standard InChI is InChI=1S/C22H24N4O3S2/c1-16-5-7-19(8-6-16)31(28,29)26-12-9-17(10-13-26)24-21(27)14-18-15-30-22(25-18)20-4-2-3-11-23-20/h2-8,11,15,17H,9-10,12-14H2,1H3,(H,24,27). The summed E-state index contributed by atoms with van der Waals surface area (Å²) in [4.78, 5) is 21.6. The van der Waals surface area contributed by atoms with Crippen LogP contribution in [0, 0.1) is 6.92 Å². The number of amides is 1. The van der Waals surface area contributed by atoms with Crippen molar-refractivity contribution in [3.63, 3.8) is 0 Å². The van der Waals surface area contributed by atoms with Crippen molar-refractivity contribution >= 4 is 27.3 Å². The third-order valence-electron chi connectivity index (χ3n) is 5.26. The van der Waals surface area contributed by atoms with Gasteiger partial charge in [0.05, 0.1) is 22.7 Å². The first-order chi connectivity index (χ1) is 14.9. The first-order valence-corrected chi connectivity index (χ1v) is 12.5. The Morgan fingerprint density at radius 3 is 2.58 bits per heavy atom. The number of pyridine rings is 1. The largest absolute Gasteiger partial charge is 0.353 e. The van der Waals surface area contributed by atoms with Gasteiger partial charge in [-0.1, -0.05) is 23.8 Å². The highest BCUT2D eigenvalue weighted by Crippen LogP contribution is 2.23. The molecule has 1 aromatic carbocycles. The summed E-state index contributed by atoms with van der Waals surface area (Å²) in [5.74, 6) is -0.0993. The lowest BCUT2D eigenvalue weighted by Crippen LogP contribution is -2.46. The zero-order valence-electron chi connectivity index (χ0n) is 17.2. The Hall–Kier alpha value is -2.62. The summed E-state index contributed by atoms with van der Waals surface area (Å²) < 4.78 is 27.1. The Morgan fingerprint density at radius 2 is 1.90 bits per heavy atom. The van der Waals surface area contributed by atoms with Gasteiger partial charge in [0, 0.05) is 30.7 Å². The minimum absolute atomic E-state index is 0.0362. The van der Waals surface area contributed by atoms with Gasteiger partial charge in [-0.05, 0) is 44.0 Å². The highest BCUT2D eigenvalue weighted by Gasteiger charge is 2.30. The van der Waals surface area contributed by atoms with Gasteiger partial charge >= 0.3 is 0 Å². The molecule has 1 fully saturated rings. The average Bonchev–Trinajstić information content (AvgIpc) is 3.23. The van der Waals surface area contributed by atoms with E-state index in [4.69, 9.17) is 0 Å². The third-order valence-corrected chi connectivity index (χ3v) is 8.08. The number of sulfonamides is 1. The predicted octanol–water partition coefficient (Wildman–Crippen LogP) is 3.03. The SMILES string of the molecule is Cc1ccc(S(=O)(=O)N2CCC(NC(=O)Cc3csc(-c4ccccn4)n3)CC2)cc1. The van der Waals surface area contributed by atoms with Crippen molar-refractivity contribution in [2.45, 2.75) is 37.1 Å². The van der Waals surface area contributed by atoms with E-state index in [0.29, 0.717) is 36.5 Å². The maximum absolute atomic E-state index is 12.8. The second kappa shape index (κ2) is 9.25. The van der Waals surface area contributed by atoms with E-state index in [2.05, 4.69) is 15.3 Å². The average molecular weight is 457 g/mol. The molecule has 1 saturated heterocycles. The minimum Gasteiger partial charge on any atom is -0.353 e. The maximum Gasteiger partial charge on any atom is 0.243 e. The monoisotopic (exact) mass is 456 g/mol. The van der Waals surface area contributed by atoms with Crippen LogP contribution in [0.5, 0.6) is 0 Å². The molecule has 162 valence electrons. The lowest BCUT2D eigenvalue weighted by molar-refractivity contribution is -0.121. The van der Waals surface area contributed by atoms with E-state index >= 15 is 0 Å². The first kappa shape index (κ1) is 21.6. The predicted molar refractivity (Wildman–Crippen MR) is 120 cm³/mol. The van der Waals surface area contributed by atoms with Crippen molar-refractivity contribution in [3.05, 3.63) is 65.3 Å². The third kappa shape index (κ3) is 5.17. The number of carbonyl (C=O) groups is 1. The van der Waals surface area contributed by atoms with Gasteiger partial charge in [-0.3, -0.25) is 9.78 Å². The van der Waals surface area contributed by atoms with Gasteiger partial charge in [-0.25, -0.2) is 13.4 Å². The van der Waals surface area contributed by atoms with Crippen LogP contribution in [0.4, 0.5) is 0 Å². The van der Waals surface area contributed by atoms with E-state index in [-0.39, 0.29) is 18.4 Å². The summed E-state index contributed by atoms with van der Waals surface area (Å²) >= 11 is 1.47. The Labute approximate surface area is 186 Å². The molecular formula is C22H24N4O3S2. The summed E-state index contributed by atoms with van der Waals surface area (Å²) in [5.41, 5.74) is 2.52. The molecule has 1 N–H and O–H groups in total. The molecule has 3 aromatic rings. The lowest BCUT2D eigenvalue weighted by Gasteiger charge is -2.31.